The molecule has 0 unspecified atom stereocenters. The number of methoxy groups -OCH3 is 1. The Morgan fingerprint density at radius 1 is 1.10 bits per heavy atom. The van der Waals surface area contributed by atoms with E-state index in [0.717, 1.165) is 0 Å². The maximum atomic E-state index is 12.6. The minimum Gasteiger partial charge on any atom is -0.497 e. The molecule has 0 saturated carbocycles. The van der Waals surface area contributed by atoms with Crippen LogP contribution in [0.2, 0.25) is 0 Å². The Kier molecular flexibility index (Phi) is 4.48. The monoisotopic (exact) mass is 285 g/mol. The average Bonchev–Trinajstić information content (AvgIpc) is 2.46. The molecule has 0 aliphatic heterocycles. The van der Waals surface area contributed by atoms with Crippen molar-refractivity contribution >= 4 is 11.5 Å². The summed E-state index contributed by atoms with van der Waals surface area (Å²) in [5.74, 6) is 1.11. The van der Waals surface area contributed by atoms with Crippen LogP contribution in [-0.2, 0) is 0 Å². The second-order valence-corrected chi connectivity index (χ2v) is 4.98. The molecule has 0 spiro atoms. The van der Waals surface area contributed by atoms with Crippen molar-refractivity contribution in [3.05, 3.63) is 53.6 Å². The molecule has 0 atom stereocenters. The smallest absolute Gasteiger partial charge is 0.195 e. The number of benzene rings is 2. The van der Waals surface area contributed by atoms with E-state index in [9.17, 15) is 4.79 Å². The lowest BCUT2D eigenvalue weighted by molar-refractivity contribution is 0.103. The summed E-state index contributed by atoms with van der Waals surface area (Å²) < 4.78 is 10.7. The highest BCUT2D eigenvalue weighted by Gasteiger charge is 2.14. The van der Waals surface area contributed by atoms with Gasteiger partial charge in [0.15, 0.2) is 5.78 Å². The number of ketones is 1. The predicted octanol–water partition coefficient (Wildman–Crippen LogP) is 3.30. The SMILES string of the molecule is COc1ccc(N)c(C(=O)c2cccc(OC(C)C)c2)c1. The van der Waals surface area contributed by atoms with Crippen LogP contribution in [0, 0.1) is 0 Å². The van der Waals surface area contributed by atoms with Crippen molar-refractivity contribution in [3.63, 3.8) is 0 Å². The standard InChI is InChI=1S/C17H19NO3/c1-11(2)21-14-6-4-5-12(9-14)17(19)15-10-13(20-3)7-8-16(15)18/h4-11H,18H2,1-3H3. The number of anilines is 1. The Balaban J connectivity index is 2.36. The van der Waals surface area contributed by atoms with Crippen LogP contribution in [0.5, 0.6) is 11.5 Å². The van der Waals surface area contributed by atoms with Gasteiger partial charge in [0.2, 0.25) is 0 Å². The van der Waals surface area contributed by atoms with E-state index in [4.69, 9.17) is 15.2 Å². The number of hydrogen-bond acceptors (Lipinski definition) is 4. The number of ether oxygens (including phenoxy) is 2. The second-order valence-electron chi connectivity index (χ2n) is 4.98. The lowest BCUT2D eigenvalue weighted by atomic mass is 10.0. The first-order valence-electron chi connectivity index (χ1n) is 6.76. The van der Waals surface area contributed by atoms with Crippen LogP contribution in [0.1, 0.15) is 29.8 Å². The van der Waals surface area contributed by atoms with E-state index in [0.29, 0.717) is 28.3 Å². The molecule has 0 fully saturated rings. The summed E-state index contributed by atoms with van der Waals surface area (Å²) >= 11 is 0. The Morgan fingerprint density at radius 2 is 1.86 bits per heavy atom. The maximum absolute atomic E-state index is 12.6. The molecule has 4 nitrogen and oxygen atoms in total. The molecular weight excluding hydrogens is 266 g/mol. The minimum absolute atomic E-state index is 0.0530. The number of nitrogen functional groups attached to an aromatic ring is 1. The van der Waals surface area contributed by atoms with E-state index in [1.54, 1.807) is 43.5 Å². The fourth-order valence-electron chi connectivity index (χ4n) is 2.00. The highest BCUT2D eigenvalue weighted by Crippen LogP contribution is 2.24. The third-order valence-electron chi connectivity index (χ3n) is 2.97. The van der Waals surface area contributed by atoms with E-state index in [1.807, 2.05) is 19.9 Å². The first-order valence-corrected chi connectivity index (χ1v) is 6.76. The molecule has 2 rings (SSSR count). The fraction of sp³-hybridized carbons (Fsp3) is 0.235. The van der Waals surface area contributed by atoms with Gasteiger partial charge in [-0.15, -0.1) is 0 Å². The van der Waals surface area contributed by atoms with Crippen LogP contribution in [-0.4, -0.2) is 19.0 Å². The van der Waals surface area contributed by atoms with Gasteiger partial charge in [0.1, 0.15) is 11.5 Å². The first kappa shape index (κ1) is 14.9. The van der Waals surface area contributed by atoms with Crippen molar-refractivity contribution in [3.8, 4) is 11.5 Å². The van der Waals surface area contributed by atoms with Gasteiger partial charge in [0.05, 0.1) is 13.2 Å². The molecular formula is C17H19NO3. The number of nitrogens with two attached hydrogens (primary N) is 1. The van der Waals surface area contributed by atoms with Gasteiger partial charge in [-0.05, 0) is 44.2 Å². The van der Waals surface area contributed by atoms with Crippen molar-refractivity contribution in [2.24, 2.45) is 0 Å². The van der Waals surface area contributed by atoms with Crippen molar-refractivity contribution in [1.82, 2.24) is 0 Å². The van der Waals surface area contributed by atoms with Crippen LogP contribution in [0.25, 0.3) is 0 Å². The molecule has 2 N–H and O–H groups in total. The summed E-state index contributed by atoms with van der Waals surface area (Å²) in [6.07, 6.45) is 0.0530. The molecule has 0 heterocycles. The summed E-state index contributed by atoms with van der Waals surface area (Å²) in [6, 6.07) is 12.1. The third-order valence-corrected chi connectivity index (χ3v) is 2.97. The van der Waals surface area contributed by atoms with Crippen molar-refractivity contribution in [1.29, 1.82) is 0 Å². The van der Waals surface area contributed by atoms with E-state index in [-0.39, 0.29) is 11.9 Å². The molecule has 2 aromatic rings. The molecule has 0 aliphatic rings. The largest absolute Gasteiger partial charge is 0.497 e. The van der Waals surface area contributed by atoms with Crippen molar-refractivity contribution in [2.45, 2.75) is 20.0 Å². The van der Waals surface area contributed by atoms with Gasteiger partial charge >= 0.3 is 0 Å². The van der Waals surface area contributed by atoms with E-state index < -0.39 is 0 Å². The maximum Gasteiger partial charge on any atom is 0.195 e. The molecule has 0 aromatic heterocycles. The topological polar surface area (TPSA) is 61.5 Å². The molecule has 21 heavy (non-hydrogen) atoms. The molecule has 0 aliphatic carbocycles. The van der Waals surface area contributed by atoms with E-state index >= 15 is 0 Å². The Bertz CT molecular complexity index is 650. The summed E-state index contributed by atoms with van der Waals surface area (Å²) in [6.45, 7) is 3.88. The minimum atomic E-state index is -0.152. The van der Waals surface area contributed by atoms with Crippen LogP contribution < -0.4 is 15.2 Å². The molecule has 4 heteroatoms. The van der Waals surface area contributed by atoms with Crippen LogP contribution in [0.4, 0.5) is 5.69 Å². The molecule has 0 saturated heterocycles. The Labute approximate surface area is 124 Å². The van der Waals surface area contributed by atoms with Crippen LogP contribution in [0.3, 0.4) is 0 Å². The van der Waals surface area contributed by atoms with Gasteiger partial charge in [-0.2, -0.15) is 0 Å². The summed E-state index contributed by atoms with van der Waals surface area (Å²) in [4.78, 5) is 12.6. The lowest BCUT2D eigenvalue weighted by Gasteiger charge is -2.11. The molecule has 0 amide bonds. The summed E-state index contributed by atoms with van der Waals surface area (Å²) in [5, 5.41) is 0. The Hall–Kier alpha value is -2.49. The zero-order valence-corrected chi connectivity index (χ0v) is 12.4. The van der Waals surface area contributed by atoms with Crippen molar-refractivity contribution in [2.75, 3.05) is 12.8 Å². The molecule has 2 aromatic carbocycles. The van der Waals surface area contributed by atoms with Gasteiger partial charge in [-0.3, -0.25) is 4.79 Å². The highest BCUT2D eigenvalue weighted by atomic mass is 16.5. The Morgan fingerprint density at radius 3 is 2.52 bits per heavy atom. The lowest BCUT2D eigenvalue weighted by Crippen LogP contribution is -2.08. The van der Waals surface area contributed by atoms with Gasteiger partial charge in [0, 0.05) is 16.8 Å². The molecule has 0 radical (unpaired) electrons. The van der Waals surface area contributed by atoms with Crippen molar-refractivity contribution < 1.29 is 14.3 Å². The second kappa shape index (κ2) is 6.31. The number of rotatable bonds is 5. The summed E-state index contributed by atoms with van der Waals surface area (Å²) in [7, 11) is 1.55. The number of hydrogen-bond donors (Lipinski definition) is 1. The highest BCUT2D eigenvalue weighted by molar-refractivity contribution is 6.12. The van der Waals surface area contributed by atoms with Gasteiger partial charge in [-0.25, -0.2) is 0 Å². The van der Waals surface area contributed by atoms with E-state index in [2.05, 4.69) is 0 Å². The summed E-state index contributed by atoms with van der Waals surface area (Å²) in [5.41, 5.74) is 7.28. The number of carbonyl (C=O) groups is 1. The fourth-order valence-corrected chi connectivity index (χ4v) is 2.00. The molecule has 110 valence electrons. The third kappa shape index (κ3) is 3.54. The quantitative estimate of drug-likeness (QED) is 0.676. The predicted molar refractivity (Wildman–Crippen MR) is 83.0 cm³/mol. The van der Waals surface area contributed by atoms with Gasteiger partial charge in [0.25, 0.3) is 0 Å². The molecule has 0 bridgehead atoms. The first-order chi connectivity index (χ1) is 10.0. The average molecular weight is 285 g/mol. The van der Waals surface area contributed by atoms with E-state index in [1.165, 1.54) is 0 Å². The van der Waals surface area contributed by atoms with Gasteiger partial charge < -0.3 is 15.2 Å². The zero-order valence-electron chi connectivity index (χ0n) is 12.4. The number of carbonyl (C=O) groups excluding carboxylic acids is 1. The van der Waals surface area contributed by atoms with Gasteiger partial charge in [-0.1, -0.05) is 12.1 Å². The van der Waals surface area contributed by atoms with Crippen LogP contribution in [0.15, 0.2) is 42.5 Å². The zero-order chi connectivity index (χ0) is 15.4. The normalized spacial score (nSPS) is 10.5. The van der Waals surface area contributed by atoms with Crippen LogP contribution >= 0.6 is 0 Å².